The minimum Gasteiger partial charge on any atom is -0.465 e. The topological polar surface area (TPSA) is 59.3 Å². The Hall–Kier alpha value is -1.64. The highest BCUT2D eigenvalue weighted by Crippen LogP contribution is 2.22. The van der Waals surface area contributed by atoms with Gasteiger partial charge in [-0.05, 0) is 37.3 Å². The fourth-order valence-corrected chi connectivity index (χ4v) is 2.33. The van der Waals surface area contributed by atoms with Gasteiger partial charge < -0.3 is 9.16 Å². The van der Waals surface area contributed by atoms with Gasteiger partial charge >= 0.3 is 5.97 Å². The lowest BCUT2D eigenvalue weighted by molar-refractivity contribution is 0.0600. The number of carbonyl (C=O) groups is 1. The van der Waals surface area contributed by atoms with Gasteiger partial charge in [0, 0.05) is 0 Å². The smallest absolute Gasteiger partial charge is 0.337 e. The standard InChI is InChI=1S/C13H17NO3Si/c1-16-13(15)11-7-5-10(6-8-11)12(9-14)17-18(2,3)4/h5-8,12H,1-4H3/t12-/m0/s1. The molecule has 5 heteroatoms. The summed E-state index contributed by atoms with van der Waals surface area (Å²) >= 11 is 0. The predicted molar refractivity (Wildman–Crippen MR) is 70.6 cm³/mol. The van der Waals surface area contributed by atoms with Gasteiger partial charge in [0.1, 0.15) is 0 Å². The van der Waals surface area contributed by atoms with Gasteiger partial charge in [-0.2, -0.15) is 5.26 Å². The molecule has 0 radical (unpaired) electrons. The Morgan fingerprint density at radius 3 is 2.22 bits per heavy atom. The van der Waals surface area contributed by atoms with Crippen molar-refractivity contribution in [1.82, 2.24) is 0 Å². The van der Waals surface area contributed by atoms with Gasteiger partial charge in [-0.15, -0.1) is 0 Å². The molecule has 0 saturated heterocycles. The maximum absolute atomic E-state index is 11.3. The number of rotatable bonds is 4. The van der Waals surface area contributed by atoms with Crippen molar-refractivity contribution in [3.05, 3.63) is 35.4 Å². The van der Waals surface area contributed by atoms with Crippen LogP contribution in [0.1, 0.15) is 22.0 Å². The molecule has 0 aliphatic heterocycles. The number of esters is 1. The summed E-state index contributed by atoms with van der Waals surface area (Å²) in [6, 6.07) is 8.85. The van der Waals surface area contributed by atoms with Crippen molar-refractivity contribution in [2.75, 3.05) is 7.11 Å². The monoisotopic (exact) mass is 263 g/mol. The molecule has 0 N–H and O–H groups in total. The van der Waals surface area contributed by atoms with Gasteiger partial charge in [0.05, 0.1) is 18.7 Å². The molecule has 1 aromatic rings. The van der Waals surface area contributed by atoms with E-state index in [9.17, 15) is 4.79 Å². The quantitative estimate of drug-likeness (QED) is 0.619. The molecule has 18 heavy (non-hydrogen) atoms. The van der Waals surface area contributed by atoms with Crippen LogP contribution in [0.5, 0.6) is 0 Å². The highest BCUT2D eigenvalue weighted by Gasteiger charge is 2.22. The van der Waals surface area contributed by atoms with Crippen LogP contribution in [0.3, 0.4) is 0 Å². The molecule has 0 bridgehead atoms. The normalized spacial score (nSPS) is 12.6. The minimum absolute atomic E-state index is 0.388. The molecule has 0 unspecified atom stereocenters. The van der Waals surface area contributed by atoms with E-state index in [4.69, 9.17) is 9.69 Å². The molecule has 0 heterocycles. The number of hydrogen-bond acceptors (Lipinski definition) is 4. The Bertz CT molecular complexity index is 457. The van der Waals surface area contributed by atoms with Gasteiger partial charge in [0.2, 0.25) is 0 Å². The van der Waals surface area contributed by atoms with Gasteiger partial charge in [-0.25, -0.2) is 4.79 Å². The van der Waals surface area contributed by atoms with E-state index in [-0.39, 0.29) is 5.97 Å². The maximum atomic E-state index is 11.3. The van der Waals surface area contributed by atoms with E-state index in [1.165, 1.54) is 7.11 Å². The van der Waals surface area contributed by atoms with E-state index < -0.39 is 14.4 Å². The highest BCUT2D eigenvalue weighted by atomic mass is 28.4. The molecule has 0 amide bonds. The molecule has 4 nitrogen and oxygen atoms in total. The predicted octanol–water partition coefficient (Wildman–Crippen LogP) is 2.89. The first-order valence-corrected chi connectivity index (χ1v) is 9.04. The summed E-state index contributed by atoms with van der Waals surface area (Å²) in [5.74, 6) is -0.388. The molecule has 96 valence electrons. The number of nitriles is 1. The van der Waals surface area contributed by atoms with E-state index in [0.29, 0.717) is 5.56 Å². The van der Waals surface area contributed by atoms with Crippen LogP contribution >= 0.6 is 0 Å². The molecular weight excluding hydrogens is 246 g/mol. The second-order valence-corrected chi connectivity index (χ2v) is 9.31. The zero-order valence-electron chi connectivity index (χ0n) is 11.1. The average molecular weight is 263 g/mol. The number of methoxy groups -OCH3 is 1. The van der Waals surface area contributed by atoms with E-state index in [2.05, 4.69) is 10.8 Å². The Labute approximate surface area is 108 Å². The third-order valence-electron chi connectivity index (χ3n) is 2.22. The Morgan fingerprint density at radius 2 is 1.83 bits per heavy atom. The summed E-state index contributed by atoms with van der Waals surface area (Å²) in [5.41, 5.74) is 1.22. The van der Waals surface area contributed by atoms with E-state index in [1.54, 1.807) is 24.3 Å². The molecule has 0 spiro atoms. The van der Waals surface area contributed by atoms with Crippen molar-refractivity contribution in [3.63, 3.8) is 0 Å². The van der Waals surface area contributed by atoms with Crippen LogP contribution in [0, 0.1) is 11.3 Å². The summed E-state index contributed by atoms with van der Waals surface area (Å²) in [5, 5.41) is 9.12. The van der Waals surface area contributed by atoms with Gasteiger partial charge in [0.25, 0.3) is 0 Å². The van der Waals surface area contributed by atoms with Gasteiger partial charge in [-0.3, -0.25) is 0 Å². The van der Waals surface area contributed by atoms with Crippen molar-refractivity contribution in [3.8, 4) is 6.07 Å². The van der Waals surface area contributed by atoms with E-state index in [1.807, 2.05) is 19.6 Å². The first kappa shape index (κ1) is 14.4. The van der Waals surface area contributed by atoms with Crippen molar-refractivity contribution >= 4 is 14.3 Å². The van der Waals surface area contributed by atoms with Gasteiger partial charge in [-0.1, -0.05) is 12.1 Å². The van der Waals surface area contributed by atoms with Crippen LogP contribution in [0.15, 0.2) is 24.3 Å². The SMILES string of the molecule is COC(=O)c1ccc([C@H](C#N)O[Si](C)(C)C)cc1. The summed E-state index contributed by atoms with van der Waals surface area (Å²) in [4.78, 5) is 11.3. The van der Waals surface area contributed by atoms with Crippen molar-refractivity contribution in [1.29, 1.82) is 5.26 Å². The molecule has 0 saturated carbocycles. The largest absolute Gasteiger partial charge is 0.465 e. The number of benzene rings is 1. The second-order valence-electron chi connectivity index (χ2n) is 4.85. The maximum Gasteiger partial charge on any atom is 0.337 e. The minimum atomic E-state index is -1.78. The summed E-state index contributed by atoms with van der Waals surface area (Å²) in [6.45, 7) is 6.08. The second kappa shape index (κ2) is 5.80. The number of nitrogens with zero attached hydrogens (tertiary/aromatic N) is 1. The van der Waals surface area contributed by atoms with Crippen LogP contribution in [0.4, 0.5) is 0 Å². The Morgan fingerprint density at radius 1 is 1.28 bits per heavy atom. The first-order valence-electron chi connectivity index (χ1n) is 5.63. The van der Waals surface area contributed by atoms with Gasteiger partial charge in [0.15, 0.2) is 14.4 Å². The van der Waals surface area contributed by atoms with Crippen molar-refractivity contribution < 1.29 is 14.0 Å². The van der Waals surface area contributed by atoms with Crippen LogP contribution in [-0.2, 0) is 9.16 Å². The fourth-order valence-electron chi connectivity index (χ4n) is 1.43. The van der Waals surface area contributed by atoms with Crippen LogP contribution in [-0.4, -0.2) is 21.4 Å². The van der Waals surface area contributed by atoms with E-state index in [0.717, 1.165) is 5.56 Å². The van der Waals surface area contributed by atoms with Crippen molar-refractivity contribution in [2.45, 2.75) is 25.7 Å². The van der Waals surface area contributed by atoms with Crippen LogP contribution < -0.4 is 0 Å². The Balaban J connectivity index is 2.90. The lowest BCUT2D eigenvalue weighted by atomic mass is 10.1. The number of ether oxygens (including phenoxy) is 1. The van der Waals surface area contributed by atoms with Crippen molar-refractivity contribution in [2.24, 2.45) is 0 Å². The molecule has 0 fully saturated rings. The Kier molecular flexibility index (Phi) is 4.65. The number of carbonyl (C=O) groups excluding carboxylic acids is 1. The molecule has 0 aromatic heterocycles. The molecular formula is C13H17NO3Si. The summed E-state index contributed by atoms with van der Waals surface area (Å²) < 4.78 is 10.4. The first-order chi connectivity index (χ1) is 8.37. The third-order valence-corrected chi connectivity index (χ3v) is 3.17. The zero-order chi connectivity index (χ0) is 13.8. The molecule has 0 aliphatic carbocycles. The average Bonchev–Trinajstić information content (AvgIpc) is 2.34. The van der Waals surface area contributed by atoms with Crippen LogP contribution in [0.25, 0.3) is 0 Å². The highest BCUT2D eigenvalue weighted by molar-refractivity contribution is 6.69. The van der Waals surface area contributed by atoms with Crippen LogP contribution in [0.2, 0.25) is 19.6 Å². The molecule has 1 atom stereocenters. The number of hydrogen-bond donors (Lipinski definition) is 0. The zero-order valence-corrected chi connectivity index (χ0v) is 12.1. The molecule has 1 aromatic carbocycles. The molecule has 1 rings (SSSR count). The van der Waals surface area contributed by atoms with E-state index >= 15 is 0 Å². The summed E-state index contributed by atoms with van der Waals surface area (Å²) in [6.07, 6.45) is -0.580. The fraction of sp³-hybridized carbons (Fsp3) is 0.385. The summed E-state index contributed by atoms with van der Waals surface area (Å²) in [7, 11) is -0.445. The lowest BCUT2D eigenvalue weighted by Crippen LogP contribution is -2.27. The lowest BCUT2D eigenvalue weighted by Gasteiger charge is -2.21. The molecule has 0 aliphatic rings. The third kappa shape index (κ3) is 3.98.